The highest BCUT2D eigenvalue weighted by molar-refractivity contribution is 6.10. The SMILES string of the molecule is CC[C@H]1O[C@@H](Oc2cc3c(c4ccccc24)CCN3C(=O)/C=C/c2ccc(/C=C/C(=O)N3CCc4c3cc(O[C@H]3C[C@@H](O)[C@@H](O)[C@@H](CN=O)O3)c3ccccc43)c(NC(C)=O)c2)C[C@@H](N=O)[C@H]1O. The van der Waals surface area contributed by atoms with Crippen molar-refractivity contribution in [2.24, 2.45) is 10.4 Å². The van der Waals surface area contributed by atoms with Gasteiger partial charge in [0.2, 0.25) is 18.5 Å². The summed E-state index contributed by atoms with van der Waals surface area (Å²) in [6, 6.07) is 23.3. The second-order valence-electron chi connectivity index (χ2n) is 17.4. The lowest BCUT2D eigenvalue weighted by atomic mass is 9.97. The molecule has 9 rings (SSSR count). The van der Waals surface area contributed by atoms with Crippen LogP contribution >= 0.6 is 0 Å². The van der Waals surface area contributed by atoms with Crippen molar-refractivity contribution in [3.8, 4) is 11.5 Å². The number of anilines is 3. The number of carbonyl (C=O) groups is 3. The van der Waals surface area contributed by atoms with Crippen LogP contribution in [-0.4, -0.2) is 102 Å². The maximum Gasteiger partial charge on any atom is 0.251 e. The number of fused-ring (bicyclic) bond motifs is 6. The predicted octanol–water partition coefficient (Wildman–Crippen LogP) is 6.54. The van der Waals surface area contributed by atoms with E-state index in [0.29, 0.717) is 72.0 Å². The van der Waals surface area contributed by atoms with Crippen LogP contribution in [-0.2, 0) is 36.7 Å². The Morgan fingerprint density at radius 1 is 0.735 bits per heavy atom. The molecular weight excluding hydrogens is 875 g/mol. The number of benzene rings is 5. The molecule has 352 valence electrons. The number of amides is 3. The number of aliphatic hydroxyl groups is 3. The van der Waals surface area contributed by atoms with Gasteiger partial charge in [0.05, 0.1) is 23.6 Å². The highest BCUT2D eigenvalue weighted by Gasteiger charge is 2.40. The Morgan fingerprint density at radius 2 is 1.29 bits per heavy atom. The molecule has 0 spiro atoms. The van der Waals surface area contributed by atoms with Crippen LogP contribution in [0.3, 0.4) is 0 Å². The molecule has 0 unspecified atom stereocenters. The third-order valence-electron chi connectivity index (χ3n) is 13.1. The summed E-state index contributed by atoms with van der Waals surface area (Å²) >= 11 is 0. The second kappa shape index (κ2) is 19.8. The van der Waals surface area contributed by atoms with Crippen molar-refractivity contribution in [2.75, 3.05) is 34.8 Å². The van der Waals surface area contributed by atoms with Gasteiger partial charge in [0.1, 0.15) is 42.4 Å². The molecule has 0 saturated carbocycles. The van der Waals surface area contributed by atoms with E-state index in [9.17, 15) is 39.5 Å². The van der Waals surface area contributed by atoms with E-state index in [0.717, 1.165) is 32.7 Å². The van der Waals surface area contributed by atoms with Crippen LogP contribution in [0.4, 0.5) is 17.1 Å². The van der Waals surface area contributed by atoms with Crippen LogP contribution in [0.5, 0.6) is 11.5 Å². The fourth-order valence-electron chi connectivity index (χ4n) is 9.69. The van der Waals surface area contributed by atoms with Crippen molar-refractivity contribution in [2.45, 2.75) is 95.1 Å². The number of hydrogen-bond acceptors (Lipinski definition) is 14. The van der Waals surface area contributed by atoms with E-state index in [1.165, 1.54) is 19.1 Å². The third-order valence-corrected chi connectivity index (χ3v) is 13.1. The summed E-state index contributed by atoms with van der Waals surface area (Å²) in [5.74, 6) is -0.0449. The zero-order valence-corrected chi connectivity index (χ0v) is 37.4. The molecular formula is C51H51N5O12. The molecule has 0 aliphatic carbocycles. The van der Waals surface area contributed by atoms with Gasteiger partial charge in [0.25, 0.3) is 11.8 Å². The maximum absolute atomic E-state index is 14.0. The monoisotopic (exact) mass is 925 g/mol. The maximum atomic E-state index is 14.0. The van der Waals surface area contributed by atoms with Gasteiger partial charge in [-0.2, -0.15) is 9.81 Å². The van der Waals surface area contributed by atoms with E-state index >= 15 is 0 Å². The molecule has 4 aliphatic rings. The average molecular weight is 926 g/mol. The van der Waals surface area contributed by atoms with Crippen molar-refractivity contribution >= 4 is 68.5 Å². The molecule has 4 aliphatic heterocycles. The third kappa shape index (κ3) is 9.22. The normalized spacial score (nSPS) is 24.6. The summed E-state index contributed by atoms with van der Waals surface area (Å²) < 4.78 is 24.5. The van der Waals surface area contributed by atoms with Crippen LogP contribution in [0.1, 0.15) is 55.4 Å². The molecule has 3 amide bonds. The summed E-state index contributed by atoms with van der Waals surface area (Å²) in [5, 5.41) is 43.5. The smallest absolute Gasteiger partial charge is 0.251 e. The first kappa shape index (κ1) is 46.2. The van der Waals surface area contributed by atoms with Crippen LogP contribution < -0.4 is 24.6 Å². The molecule has 17 heteroatoms. The first-order valence-corrected chi connectivity index (χ1v) is 22.7. The average Bonchev–Trinajstić information content (AvgIpc) is 3.97. The highest BCUT2D eigenvalue weighted by atomic mass is 16.7. The Bertz CT molecular complexity index is 2850. The number of nitrogens with one attached hydrogen (secondary N) is 1. The molecule has 0 radical (unpaired) electrons. The minimum atomic E-state index is -1.29. The Balaban J connectivity index is 0.925. The number of nitrogens with zero attached hydrogens (tertiary/aromatic N) is 4. The number of hydrogen-bond donors (Lipinski definition) is 4. The summed E-state index contributed by atoms with van der Waals surface area (Å²) in [4.78, 5) is 66.2. The summed E-state index contributed by atoms with van der Waals surface area (Å²) in [5.41, 5.74) is 4.87. The van der Waals surface area contributed by atoms with Gasteiger partial charge in [-0.15, -0.1) is 0 Å². The first-order valence-electron chi connectivity index (χ1n) is 22.7. The topological polar surface area (TPSA) is 226 Å². The lowest BCUT2D eigenvalue weighted by Crippen LogP contribution is -2.51. The van der Waals surface area contributed by atoms with Crippen molar-refractivity contribution in [1.29, 1.82) is 0 Å². The quantitative estimate of drug-likeness (QED) is 0.0730. The zero-order valence-electron chi connectivity index (χ0n) is 37.4. The molecule has 17 nitrogen and oxygen atoms in total. The van der Waals surface area contributed by atoms with E-state index in [1.54, 1.807) is 46.2 Å². The molecule has 68 heavy (non-hydrogen) atoms. The summed E-state index contributed by atoms with van der Waals surface area (Å²) in [6.07, 6.45) is 0.868. The summed E-state index contributed by atoms with van der Waals surface area (Å²) in [7, 11) is 0. The molecule has 2 fully saturated rings. The van der Waals surface area contributed by atoms with Gasteiger partial charge in [0.15, 0.2) is 0 Å². The van der Waals surface area contributed by atoms with Gasteiger partial charge < -0.3 is 49.4 Å². The van der Waals surface area contributed by atoms with E-state index < -0.39 is 49.1 Å². The molecule has 4 N–H and O–H groups in total. The minimum Gasteiger partial charge on any atom is -0.464 e. The summed E-state index contributed by atoms with van der Waals surface area (Å²) in [6.45, 7) is 3.70. The van der Waals surface area contributed by atoms with E-state index in [4.69, 9.17) is 18.9 Å². The van der Waals surface area contributed by atoms with E-state index in [2.05, 4.69) is 15.7 Å². The number of rotatable bonds is 13. The zero-order chi connectivity index (χ0) is 47.6. The molecule has 0 aromatic heterocycles. The Morgan fingerprint density at radius 3 is 1.85 bits per heavy atom. The standard InChI is InChI=1S/C51H51N5O12/c1-3-42-50(61)38(54-64)23-48(65-42)66-43-24-39-33(31-8-4-6-10-35(31)43)18-20-55(39)46(59)16-13-29-12-14-30(37(22-29)53-28(2)57)15-17-47(60)56-21-19-34-32-9-5-7-11-36(32)44(25-40(34)56)67-49-26-41(58)51(62)45(68-49)27-52-63/h4-17,22,24-25,38,41-42,45,48-51,58,61-62H,3,18-21,23,26-27H2,1-2H3,(H,53,57)/b16-13+,17-15+/t38-,41-,42-,45-,48+,49-,50-,51-/m1/s1. The van der Waals surface area contributed by atoms with Crippen molar-refractivity contribution in [3.63, 3.8) is 0 Å². The molecule has 2 saturated heterocycles. The Kier molecular flexibility index (Phi) is 13.4. The van der Waals surface area contributed by atoms with Crippen LogP contribution in [0.2, 0.25) is 0 Å². The first-order chi connectivity index (χ1) is 32.9. The number of nitroso groups, excluding NO2 is 2. The van der Waals surface area contributed by atoms with Gasteiger partial charge in [-0.3, -0.25) is 14.4 Å². The van der Waals surface area contributed by atoms with Crippen molar-refractivity contribution in [1.82, 2.24) is 0 Å². The lowest BCUT2D eigenvalue weighted by molar-refractivity contribution is -0.218. The van der Waals surface area contributed by atoms with Crippen molar-refractivity contribution < 1.29 is 48.7 Å². The molecule has 4 heterocycles. The van der Waals surface area contributed by atoms with E-state index in [1.807, 2.05) is 61.5 Å². The fraction of sp³-hybridized carbons (Fsp3) is 0.353. The van der Waals surface area contributed by atoms with Gasteiger partial charge in [-0.1, -0.05) is 77.9 Å². The van der Waals surface area contributed by atoms with Gasteiger partial charge in [-0.25, -0.2) is 0 Å². The van der Waals surface area contributed by atoms with Gasteiger partial charge >= 0.3 is 0 Å². The fourth-order valence-corrected chi connectivity index (χ4v) is 9.69. The number of ether oxygens (including phenoxy) is 4. The van der Waals surface area contributed by atoms with Crippen LogP contribution in [0.25, 0.3) is 33.7 Å². The van der Waals surface area contributed by atoms with Crippen LogP contribution in [0.15, 0.2) is 101 Å². The van der Waals surface area contributed by atoms with Gasteiger partial charge in [-0.05, 0) is 70.5 Å². The molecule has 5 aromatic rings. The van der Waals surface area contributed by atoms with Crippen molar-refractivity contribution in [3.05, 3.63) is 123 Å². The largest absolute Gasteiger partial charge is 0.464 e. The number of carbonyl (C=O) groups excluding carboxylic acids is 3. The minimum absolute atomic E-state index is 0.0507. The Labute approximate surface area is 390 Å². The lowest BCUT2D eigenvalue weighted by Gasteiger charge is -2.36. The second-order valence-corrected chi connectivity index (χ2v) is 17.4. The van der Waals surface area contributed by atoms with Gasteiger partial charge in [0, 0.05) is 73.6 Å². The Hall–Kier alpha value is -6.89. The van der Waals surface area contributed by atoms with Crippen LogP contribution in [0, 0.1) is 9.81 Å². The molecule has 5 aromatic carbocycles. The van der Waals surface area contributed by atoms with E-state index in [-0.39, 0.29) is 37.1 Å². The number of aliphatic hydroxyl groups excluding tert-OH is 3. The highest BCUT2D eigenvalue weighted by Crippen LogP contribution is 2.43. The molecule has 8 atom stereocenters. The molecule has 0 bridgehead atoms. The predicted molar refractivity (Wildman–Crippen MR) is 255 cm³/mol.